The predicted molar refractivity (Wildman–Crippen MR) is 151 cm³/mol. The molecular formula is C29H21F4N3O3S2. The van der Waals surface area contributed by atoms with Crippen LogP contribution in [0.4, 0.5) is 28.9 Å². The van der Waals surface area contributed by atoms with Gasteiger partial charge in [-0.25, -0.2) is 17.6 Å². The largest absolute Gasteiger partial charge is 0.321 e. The van der Waals surface area contributed by atoms with Crippen LogP contribution in [0.5, 0.6) is 0 Å². The molecule has 1 heterocycles. The van der Waals surface area contributed by atoms with E-state index in [4.69, 9.17) is 0 Å². The predicted octanol–water partition coefficient (Wildman–Crippen LogP) is 6.83. The number of hydrogen-bond donors (Lipinski definition) is 3. The Morgan fingerprint density at radius 1 is 0.854 bits per heavy atom. The van der Waals surface area contributed by atoms with Gasteiger partial charge in [-0.2, -0.15) is 0 Å². The smallest absolute Gasteiger partial charge is 0.272 e. The molecule has 0 saturated heterocycles. The van der Waals surface area contributed by atoms with Gasteiger partial charge in [-0.15, -0.1) is 23.1 Å². The number of rotatable bonds is 9. The second-order valence-electron chi connectivity index (χ2n) is 8.46. The minimum atomic E-state index is -1.71. The van der Waals surface area contributed by atoms with Crippen molar-refractivity contribution in [2.45, 2.75) is 17.1 Å². The minimum absolute atomic E-state index is 0.0262. The Morgan fingerprint density at radius 2 is 1.51 bits per heavy atom. The number of carbonyl (C=O) groups is 3. The average Bonchev–Trinajstić information content (AvgIpc) is 3.48. The number of halogens is 4. The van der Waals surface area contributed by atoms with E-state index in [-0.39, 0.29) is 11.8 Å². The molecule has 4 aromatic rings. The minimum Gasteiger partial charge on any atom is -0.321 e. The number of amides is 3. The highest BCUT2D eigenvalue weighted by molar-refractivity contribution is 8.00. The maximum absolute atomic E-state index is 13.9. The third-order valence-corrected chi connectivity index (χ3v) is 7.44. The summed E-state index contributed by atoms with van der Waals surface area (Å²) in [6.45, 7) is 1.44. The molecule has 1 atom stereocenters. The molecule has 210 valence electrons. The molecule has 0 aliphatic heterocycles. The third kappa shape index (κ3) is 7.62. The Bertz CT molecular complexity index is 1570. The van der Waals surface area contributed by atoms with E-state index in [0.717, 1.165) is 16.6 Å². The van der Waals surface area contributed by atoms with Crippen LogP contribution in [0.25, 0.3) is 6.08 Å². The molecule has 41 heavy (non-hydrogen) atoms. The molecule has 0 radical (unpaired) electrons. The molecule has 1 unspecified atom stereocenters. The van der Waals surface area contributed by atoms with Crippen LogP contribution in [0.1, 0.15) is 22.2 Å². The van der Waals surface area contributed by atoms with Crippen molar-refractivity contribution in [3.05, 3.63) is 118 Å². The SMILES string of the molecule is CC(Sc1ccc(NC(=O)/C(=C/c2cccs2)NC(=O)c2ccccc2)cc1)C(=O)Nc1c(F)c(F)cc(F)c1F. The number of thioether (sulfide) groups is 1. The summed E-state index contributed by atoms with van der Waals surface area (Å²) in [5.74, 6) is -8.59. The van der Waals surface area contributed by atoms with Crippen molar-refractivity contribution in [3.8, 4) is 0 Å². The van der Waals surface area contributed by atoms with Crippen molar-refractivity contribution in [3.63, 3.8) is 0 Å². The second-order valence-corrected chi connectivity index (χ2v) is 10.9. The van der Waals surface area contributed by atoms with Crippen LogP contribution in [-0.2, 0) is 9.59 Å². The van der Waals surface area contributed by atoms with Gasteiger partial charge in [-0.05, 0) is 60.8 Å². The molecule has 12 heteroatoms. The fourth-order valence-corrected chi connectivity index (χ4v) is 4.96. The standard InChI is InChI=1S/C29H21F4N3O3S2/c1-16(27(37)36-26-24(32)21(30)15-22(31)25(26)33)41-19-11-9-18(10-12-19)34-29(39)23(14-20-8-5-13-40-20)35-28(38)17-6-3-2-4-7-17/h2-16H,1H3,(H,34,39)(H,35,38)(H,36,37)/b23-14-. The highest BCUT2D eigenvalue weighted by Crippen LogP contribution is 2.28. The maximum atomic E-state index is 13.9. The third-order valence-electron chi connectivity index (χ3n) is 5.51. The summed E-state index contributed by atoms with van der Waals surface area (Å²) >= 11 is 2.40. The van der Waals surface area contributed by atoms with Crippen LogP contribution >= 0.6 is 23.1 Å². The molecule has 0 saturated carbocycles. The molecule has 0 spiro atoms. The van der Waals surface area contributed by atoms with Gasteiger partial charge in [0.2, 0.25) is 5.91 Å². The van der Waals surface area contributed by atoms with Crippen molar-refractivity contribution >= 4 is 58.3 Å². The Balaban J connectivity index is 1.41. The molecular weight excluding hydrogens is 578 g/mol. The second kappa shape index (κ2) is 13.3. The first-order valence-corrected chi connectivity index (χ1v) is 13.7. The Hall–Kier alpha value is -4.42. The summed E-state index contributed by atoms with van der Waals surface area (Å²) < 4.78 is 54.7. The summed E-state index contributed by atoms with van der Waals surface area (Å²) in [6.07, 6.45) is 1.56. The van der Waals surface area contributed by atoms with E-state index in [1.165, 1.54) is 18.3 Å². The van der Waals surface area contributed by atoms with Gasteiger partial charge in [0.1, 0.15) is 11.4 Å². The first kappa shape index (κ1) is 29.6. The van der Waals surface area contributed by atoms with Gasteiger partial charge in [0, 0.05) is 27.1 Å². The quantitative estimate of drug-likeness (QED) is 0.0852. The van der Waals surface area contributed by atoms with E-state index in [2.05, 4.69) is 10.6 Å². The molecule has 6 nitrogen and oxygen atoms in total. The number of thiophene rings is 1. The summed E-state index contributed by atoms with van der Waals surface area (Å²) in [5.41, 5.74) is -0.408. The topological polar surface area (TPSA) is 87.3 Å². The molecule has 4 rings (SSSR count). The summed E-state index contributed by atoms with van der Waals surface area (Å²) in [5, 5.41) is 8.17. The number of nitrogens with one attached hydrogen (secondary N) is 3. The number of hydrogen-bond acceptors (Lipinski definition) is 5. The van der Waals surface area contributed by atoms with Crippen LogP contribution in [-0.4, -0.2) is 23.0 Å². The van der Waals surface area contributed by atoms with E-state index in [1.54, 1.807) is 66.7 Å². The summed E-state index contributed by atoms with van der Waals surface area (Å²) in [4.78, 5) is 39.5. The van der Waals surface area contributed by atoms with E-state index in [9.17, 15) is 31.9 Å². The van der Waals surface area contributed by atoms with E-state index < -0.39 is 51.9 Å². The first-order valence-electron chi connectivity index (χ1n) is 12.0. The molecule has 3 amide bonds. The van der Waals surface area contributed by atoms with Gasteiger partial charge in [0.25, 0.3) is 11.8 Å². The highest BCUT2D eigenvalue weighted by atomic mass is 32.2. The van der Waals surface area contributed by atoms with Crippen LogP contribution in [0.2, 0.25) is 0 Å². The first-order chi connectivity index (χ1) is 19.6. The number of anilines is 2. The van der Waals surface area contributed by atoms with E-state index in [0.29, 0.717) is 16.1 Å². The van der Waals surface area contributed by atoms with Crippen molar-refractivity contribution in [1.82, 2.24) is 5.32 Å². The highest BCUT2D eigenvalue weighted by Gasteiger charge is 2.23. The van der Waals surface area contributed by atoms with Gasteiger partial charge in [0.05, 0.1) is 5.25 Å². The molecule has 0 fully saturated rings. The maximum Gasteiger partial charge on any atom is 0.272 e. The summed E-state index contributed by atoms with van der Waals surface area (Å²) in [6, 6.07) is 18.4. The van der Waals surface area contributed by atoms with E-state index in [1.807, 2.05) is 16.8 Å². The fraction of sp³-hybridized carbons (Fsp3) is 0.0690. The molecule has 0 aliphatic carbocycles. The van der Waals surface area contributed by atoms with Gasteiger partial charge in [-0.1, -0.05) is 24.3 Å². The van der Waals surface area contributed by atoms with Gasteiger partial charge in [-0.3, -0.25) is 14.4 Å². The van der Waals surface area contributed by atoms with Crippen LogP contribution in [0.3, 0.4) is 0 Å². The lowest BCUT2D eigenvalue weighted by molar-refractivity contribution is -0.115. The van der Waals surface area contributed by atoms with Crippen LogP contribution < -0.4 is 16.0 Å². The fourth-order valence-electron chi connectivity index (χ4n) is 3.44. The molecule has 3 aromatic carbocycles. The Kier molecular flexibility index (Phi) is 9.58. The van der Waals surface area contributed by atoms with Gasteiger partial charge >= 0.3 is 0 Å². The van der Waals surface area contributed by atoms with Crippen molar-refractivity contribution < 1.29 is 31.9 Å². The lowest BCUT2D eigenvalue weighted by atomic mass is 10.2. The molecule has 1 aromatic heterocycles. The van der Waals surface area contributed by atoms with Crippen LogP contribution in [0.15, 0.2) is 88.8 Å². The van der Waals surface area contributed by atoms with Crippen molar-refractivity contribution in [2.24, 2.45) is 0 Å². The summed E-state index contributed by atoms with van der Waals surface area (Å²) in [7, 11) is 0. The van der Waals surface area contributed by atoms with Crippen molar-refractivity contribution in [2.75, 3.05) is 10.6 Å². The number of benzene rings is 3. The zero-order chi connectivity index (χ0) is 29.5. The van der Waals surface area contributed by atoms with Gasteiger partial charge < -0.3 is 16.0 Å². The number of carbonyl (C=O) groups excluding carboxylic acids is 3. The lowest BCUT2D eigenvalue weighted by Gasteiger charge is -2.14. The molecule has 0 aliphatic rings. The zero-order valence-electron chi connectivity index (χ0n) is 21.2. The van der Waals surface area contributed by atoms with Gasteiger partial charge in [0.15, 0.2) is 23.3 Å². The Morgan fingerprint density at radius 3 is 2.12 bits per heavy atom. The monoisotopic (exact) mass is 599 g/mol. The normalized spacial score (nSPS) is 12.0. The average molecular weight is 600 g/mol. The Labute approximate surface area is 240 Å². The van der Waals surface area contributed by atoms with E-state index >= 15 is 0 Å². The zero-order valence-corrected chi connectivity index (χ0v) is 22.8. The van der Waals surface area contributed by atoms with Crippen molar-refractivity contribution in [1.29, 1.82) is 0 Å². The molecule has 0 bridgehead atoms. The molecule has 3 N–H and O–H groups in total. The lowest BCUT2D eigenvalue weighted by Crippen LogP contribution is -2.30. The van der Waals surface area contributed by atoms with Crippen LogP contribution in [0, 0.1) is 23.3 Å².